The normalized spacial score (nSPS) is 18.2. The zero-order valence-corrected chi connectivity index (χ0v) is 15.7. The van der Waals surface area contributed by atoms with Crippen LogP contribution in [0.4, 0.5) is 9.52 Å². The number of benzene rings is 1. The number of aryl methyl sites for hydroxylation is 1. The number of thiazole rings is 1. The summed E-state index contributed by atoms with van der Waals surface area (Å²) in [5.74, 6) is -0.782. The predicted octanol–water partition coefficient (Wildman–Crippen LogP) is 4.81. The number of carbonyl (C=O) groups excluding carboxylic acids is 1. The van der Waals surface area contributed by atoms with Crippen molar-refractivity contribution in [3.8, 4) is 11.1 Å². The molecule has 0 unspecified atom stereocenters. The van der Waals surface area contributed by atoms with E-state index in [4.69, 9.17) is 0 Å². The molecule has 2 heterocycles. The van der Waals surface area contributed by atoms with Crippen molar-refractivity contribution in [3.63, 3.8) is 0 Å². The first-order chi connectivity index (χ1) is 11.1. The predicted molar refractivity (Wildman–Crippen MR) is 104 cm³/mol. The molecule has 132 valence electrons. The number of anilines is 1. The minimum atomic E-state index is -0.996. The van der Waals surface area contributed by atoms with Gasteiger partial charge in [0.15, 0.2) is 5.13 Å². The highest BCUT2D eigenvalue weighted by atomic mass is 35.5. The van der Waals surface area contributed by atoms with Crippen molar-refractivity contribution >= 4 is 57.4 Å². The Morgan fingerprint density at radius 2 is 2.08 bits per heavy atom. The quantitative estimate of drug-likeness (QED) is 0.687. The van der Waals surface area contributed by atoms with Crippen molar-refractivity contribution in [1.82, 2.24) is 9.97 Å². The molecule has 0 radical (unpaired) electrons. The molecule has 1 aliphatic carbocycles. The van der Waals surface area contributed by atoms with Crippen LogP contribution in [0.15, 0.2) is 36.7 Å². The van der Waals surface area contributed by atoms with Gasteiger partial charge in [0.1, 0.15) is 6.17 Å². The Balaban J connectivity index is 0.00000113. The molecule has 1 amide bonds. The van der Waals surface area contributed by atoms with Crippen LogP contribution in [0.2, 0.25) is 0 Å². The lowest BCUT2D eigenvalue weighted by molar-refractivity contribution is -0.117. The SMILES string of the molecule is Cc1ccncc1-c1ccc2nc(NC(=O)[C@@H]3C[C@@H]3F)sc2c1.Cl.Cl. The van der Waals surface area contributed by atoms with Gasteiger partial charge in [-0.25, -0.2) is 9.37 Å². The number of amides is 1. The maximum absolute atomic E-state index is 12.9. The standard InChI is InChI=1S/C17H14FN3OS.2ClH/c1-9-4-5-19-8-12(9)10-2-3-14-15(6-10)23-17(20-14)21-16(22)11-7-13(11)18;;/h2-6,8,11,13H,7H2,1H3,(H,20,21,22);2*1H/t11-,13+;;/m1../s1. The molecule has 1 aliphatic rings. The van der Waals surface area contributed by atoms with Crippen molar-refractivity contribution < 1.29 is 9.18 Å². The van der Waals surface area contributed by atoms with Crippen molar-refractivity contribution in [2.75, 3.05) is 5.32 Å². The van der Waals surface area contributed by atoms with Gasteiger partial charge in [0.05, 0.1) is 16.1 Å². The number of aromatic nitrogens is 2. The molecule has 4 nitrogen and oxygen atoms in total. The average Bonchev–Trinajstić information content (AvgIpc) is 3.13. The lowest BCUT2D eigenvalue weighted by Gasteiger charge is -2.04. The third-order valence-electron chi connectivity index (χ3n) is 4.02. The van der Waals surface area contributed by atoms with E-state index in [2.05, 4.69) is 15.3 Å². The molecule has 25 heavy (non-hydrogen) atoms. The maximum Gasteiger partial charge on any atom is 0.232 e. The van der Waals surface area contributed by atoms with E-state index < -0.39 is 12.1 Å². The van der Waals surface area contributed by atoms with Crippen LogP contribution in [-0.4, -0.2) is 22.0 Å². The third kappa shape index (κ3) is 3.92. The van der Waals surface area contributed by atoms with Gasteiger partial charge in [-0.2, -0.15) is 0 Å². The number of fused-ring (bicyclic) bond motifs is 1. The van der Waals surface area contributed by atoms with Crippen LogP contribution in [-0.2, 0) is 4.79 Å². The monoisotopic (exact) mass is 399 g/mol. The number of nitrogens with one attached hydrogen (secondary N) is 1. The van der Waals surface area contributed by atoms with Crippen LogP contribution < -0.4 is 5.32 Å². The first-order valence-corrected chi connectivity index (χ1v) is 8.20. The van der Waals surface area contributed by atoms with Gasteiger partial charge < -0.3 is 5.32 Å². The highest BCUT2D eigenvalue weighted by Crippen LogP contribution is 2.36. The summed E-state index contributed by atoms with van der Waals surface area (Å²) in [6.07, 6.45) is 2.94. The number of alkyl halides is 1. The van der Waals surface area contributed by atoms with Crippen molar-refractivity contribution in [2.24, 2.45) is 5.92 Å². The number of rotatable bonds is 3. The molecule has 2 aromatic heterocycles. The molecule has 1 N–H and O–H groups in total. The second kappa shape index (κ2) is 7.64. The summed E-state index contributed by atoms with van der Waals surface area (Å²) in [6.45, 7) is 2.04. The van der Waals surface area contributed by atoms with E-state index in [1.807, 2.05) is 37.4 Å². The second-order valence-corrected chi connectivity index (χ2v) is 6.77. The fourth-order valence-corrected chi connectivity index (χ4v) is 3.45. The molecule has 4 rings (SSSR count). The molecule has 0 aliphatic heterocycles. The molecule has 0 bridgehead atoms. The summed E-state index contributed by atoms with van der Waals surface area (Å²) in [5, 5.41) is 3.23. The van der Waals surface area contributed by atoms with Crippen LogP contribution >= 0.6 is 36.2 Å². The van der Waals surface area contributed by atoms with E-state index in [0.29, 0.717) is 11.6 Å². The molecule has 2 atom stereocenters. The van der Waals surface area contributed by atoms with E-state index in [1.165, 1.54) is 11.3 Å². The zero-order chi connectivity index (χ0) is 16.0. The van der Waals surface area contributed by atoms with E-state index in [0.717, 1.165) is 26.9 Å². The first kappa shape index (κ1) is 19.6. The summed E-state index contributed by atoms with van der Waals surface area (Å²) in [7, 11) is 0. The van der Waals surface area contributed by atoms with Crippen LogP contribution in [0.25, 0.3) is 21.3 Å². The maximum atomic E-state index is 12.9. The Morgan fingerprint density at radius 1 is 1.32 bits per heavy atom. The lowest BCUT2D eigenvalue weighted by atomic mass is 10.0. The first-order valence-electron chi connectivity index (χ1n) is 7.38. The molecule has 8 heteroatoms. The second-order valence-electron chi connectivity index (χ2n) is 5.74. The van der Waals surface area contributed by atoms with Crippen molar-refractivity contribution in [2.45, 2.75) is 19.5 Å². The van der Waals surface area contributed by atoms with Gasteiger partial charge in [-0.3, -0.25) is 9.78 Å². The Morgan fingerprint density at radius 3 is 2.76 bits per heavy atom. The largest absolute Gasteiger partial charge is 0.302 e. The highest BCUT2D eigenvalue weighted by molar-refractivity contribution is 7.22. The molecule has 1 aromatic carbocycles. The topological polar surface area (TPSA) is 54.9 Å². The number of nitrogens with zero attached hydrogens (tertiary/aromatic N) is 2. The Labute approximate surface area is 160 Å². The van der Waals surface area contributed by atoms with Crippen LogP contribution in [0.5, 0.6) is 0 Å². The lowest BCUT2D eigenvalue weighted by Crippen LogP contribution is -2.14. The van der Waals surface area contributed by atoms with Crippen LogP contribution in [0.3, 0.4) is 0 Å². The average molecular weight is 400 g/mol. The summed E-state index contributed by atoms with van der Waals surface area (Å²) < 4.78 is 13.9. The van der Waals surface area contributed by atoms with Gasteiger partial charge in [0.2, 0.25) is 5.91 Å². The minimum absolute atomic E-state index is 0. The number of hydrogen-bond donors (Lipinski definition) is 1. The summed E-state index contributed by atoms with van der Waals surface area (Å²) in [5.41, 5.74) is 4.12. The molecule has 3 aromatic rings. The molecular weight excluding hydrogens is 384 g/mol. The molecule has 1 fully saturated rings. The van der Waals surface area contributed by atoms with E-state index >= 15 is 0 Å². The Hall–Kier alpha value is -1.76. The van der Waals surface area contributed by atoms with Gasteiger partial charge in [0.25, 0.3) is 0 Å². The number of pyridine rings is 1. The summed E-state index contributed by atoms with van der Waals surface area (Å²) >= 11 is 1.40. The van der Waals surface area contributed by atoms with E-state index in [9.17, 15) is 9.18 Å². The Kier molecular flexibility index (Phi) is 5.98. The number of halogens is 3. The molecule has 0 saturated heterocycles. The fraction of sp³-hybridized carbons (Fsp3) is 0.235. The van der Waals surface area contributed by atoms with Crippen LogP contribution in [0.1, 0.15) is 12.0 Å². The highest BCUT2D eigenvalue weighted by Gasteiger charge is 2.43. The zero-order valence-electron chi connectivity index (χ0n) is 13.2. The fourth-order valence-electron chi connectivity index (χ4n) is 2.55. The molecule has 0 spiro atoms. The van der Waals surface area contributed by atoms with Crippen LogP contribution in [0, 0.1) is 12.8 Å². The Bertz CT molecular complexity index is 918. The number of hydrogen-bond acceptors (Lipinski definition) is 4. The number of carbonyl (C=O) groups is 1. The summed E-state index contributed by atoms with van der Waals surface area (Å²) in [6, 6.07) is 7.94. The molecular formula is C17H16Cl2FN3OS. The van der Waals surface area contributed by atoms with Gasteiger partial charge in [-0.1, -0.05) is 17.4 Å². The smallest absolute Gasteiger partial charge is 0.232 e. The van der Waals surface area contributed by atoms with Gasteiger partial charge >= 0.3 is 0 Å². The molecule has 1 saturated carbocycles. The third-order valence-corrected chi connectivity index (χ3v) is 4.95. The van der Waals surface area contributed by atoms with Crippen molar-refractivity contribution in [3.05, 3.63) is 42.2 Å². The van der Waals surface area contributed by atoms with Gasteiger partial charge in [-0.05, 0) is 42.7 Å². The van der Waals surface area contributed by atoms with E-state index in [-0.39, 0.29) is 30.7 Å². The van der Waals surface area contributed by atoms with Gasteiger partial charge in [0, 0.05) is 18.0 Å². The summed E-state index contributed by atoms with van der Waals surface area (Å²) in [4.78, 5) is 20.4. The van der Waals surface area contributed by atoms with E-state index in [1.54, 1.807) is 6.20 Å². The minimum Gasteiger partial charge on any atom is -0.302 e. The van der Waals surface area contributed by atoms with Gasteiger partial charge in [-0.15, -0.1) is 24.8 Å². The van der Waals surface area contributed by atoms with Crippen molar-refractivity contribution in [1.29, 1.82) is 0 Å².